The number of aromatic nitrogens is 1. The molecule has 0 radical (unpaired) electrons. The minimum Gasteiger partial charge on any atom is -0.394 e. The van der Waals surface area contributed by atoms with Gasteiger partial charge >= 0.3 is 0 Å². The van der Waals surface area contributed by atoms with E-state index < -0.39 is 24.4 Å². The van der Waals surface area contributed by atoms with Crippen LogP contribution in [-0.4, -0.2) is 50.9 Å². The second-order valence-electron chi connectivity index (χ2n) is 4.86. The van der Waals surface area contributed by atoms with E-state index in [0.717, 1.165) is 10.1 Å². The molecule has 2 aromatic heterocycles. The number of fused-ring (bicyclic) bond motifs is 1. The van der Waals surface area contributed by atoms with Crippen molar-refractivity contribution < 1.29 is 20.1 Å². The zero-order valence-electron chi connectivity index (χ0n) is 10.5. The monoisotopic (exact) mass is 313 g/mol. The van der Waals surface area contributed by atoms with Crippen LogP contribution in [0.3, 0.4) is 0 Å². The van der Waals surface area contributed by atoms with E-state index in [1.807, 2.05) is 28.3 Å². The van der Waals surface area contributed by atoms with Gasteiger partial charge in [-0.3, -0.25) is 0 Å². The SMILES string of the molecule is OC[C@H]1O[C@@H](Cn2ccc3ccsc3c2=S)C(O)[C@H]1O. The second kappa shape index (κ2) is 5.51. The van der Waals surface area contributed by atoms with E-state index in [1.54, 1.807) is 11.3 Å². The van der Waals surface area contributed by atoms with E-state index >= 15 is 0 Å². The molecule has 1 fully saturated rings. The van der Waals surface area contributed by atoms with Crippen molar-refractivity contribution in [1.82, 2.24) is 4.57 Å². The number of aliphatic hydroxyl groups excluding tert-OH is 3. The Morgan fingerprint density at radius 1 is 1.25 bits per heavy atom. The summed E-state index contributed by atoms with van der Waals surface area (Å²) in [4.78, 5) is 0. The Morgan fingerprint density at radius 3 is 2.70 bits per heavy atom. The lowest BCUT2D eigenvalue weighted by molar-refractivity contribution is -0.0266. The molecule has 1 aliphatic rings. The number of thiophene rings is 1. The van der Waals surface area contributed by atoms with Crippen LogP contribution in [0.2, 0.25) is 0 Å². The fourth-order valence-electron chi connectivity index (χ4n) is 2.46. The zero-order chi connectivity index (χ0) is 14.3. The molecule has 1 aliphatic heterocycles. The summed E-state index contributed by atoms with van der Waals surface area (Å²) in [6.07, 6.45) is -1.55. The zero-order valence-corrected chi connectivity index (χ0v) is 12.2. The first-order valence-corrected chi connectivity index (χ1v) is 7.59. The summed E-state index contributed by atoms with van der Waals surface area (Å²) in [6.45, 7) is 0.0332. The van der Waals surface area contributed by atoms with Gasteiger partial charge < -0.3 is 24.6 Å². The molecule has 1 unspecified atom stereocenters. The van der Waals surface area contributed by atoms with Crippen LogP contribution in [0.1, 0.15) is 0 Å². The van der Waals surface area contributed by atoms with Crippen LogP contribution in [0, 0.1) is 4.64 Å². The van der Waals surface area contributed by atoms with Crippen LogP contribution in [0.15, 0.2) is 23.7 Å². The Kier molecular flexibility index (Phi) is 3.89. The average molecular weight is 313 g/mol. The van der Waals surface area contributed by atoms with Gasteiger partial charge in [0.05, 0.1) is 17.9 Å². The first kappa shape index (κ1) is 14.1. The maximum absolute atomic E-state index is 9.95. The van der Waals surface area contributed by atoms with Crippen molar-refractivity contribution >= 4 is 33.6 Å². The molecular formula is C13H15NO4S2. The molecular weight excluding hydrogens is 298 g/mol. The number of hydrogen-bond donors (Lipinski definition) is 3. The predicted octanol–water partition coefficient (Wildman–Crippen LogP) is 0.914. The van der Waals surface area contributed by atoms with Crippen molar-refractivity contribution in [2.75, 3.05) is 6.61 Å². The lowest BCUT2D eigenvalue weighted by atomic mass is 10.1. The van der Waals surface area contributed by atoms with Crippen molar-refractivity contribution in [1.29, 1.82) is 0 Å². The molecule has 0 spiro atoms. The third kappa shape index (κ3) is 2.30. The number of pyridine rings is 1. The molecule has 1 saturated heterocycles. The van der Waals surface area contributed by atoms with Gasteiger partial charge in [0.1, 0.15) is 29.1 Å². The standard InChI is InChI=1S/C13H15NO4S2/c15-6-9-11(17)10(16)8(18-9)5-14-3-1-7-2-4-20-12(7)13(14)19/h1-4,8-11,15-17H,5-6H2/t8-,9+,10?,11-/m0/s1. The highest BCUT2D eigenvalue weighted by molar-refractivity contribution is 7.71. The first-order chi connectivity index (χ1) is 9.61. The van der Waals surface area contributed by atoms with Crippen LogP contribution in [0.4, 0.5) is 0 Å². The Labute approximate surface area is 124 Å². The number of aliphatic hydroxyl groups is 3. The molecule has 0 aromatic carbocycles. The van der Waals surface area contributed by atoms with Crippen LogP contribution < -0.4 is 0 Å². The molecule has 3 N–H and O–H groups in total. The number of rotatable bonds is 3. The van der Waals surface area contributed by atoms with Gasteiger partial charge in [0.2, 0.25) is 0 Å². The van der Waals surface area contributed by atoms with E-state index in [4.69, 9.17) is 22.1 Å². The molecule has 5 nitrogen and oxygen atoms in total. The summed E-state index contributed by atoms with van der Waals surface area (Å²) in [7, 11) is 0. The molecule has 3 rings (SSSR count). The van der Waals surface area contributed by atoms with Crippen LogP contribution in [0.25, 0.3) is 10.1 Å². The van der Waals surface area contributed by atoms with Gasteiger partial charge in [-0.25, -0.2) is 0 Å². The predicted molar refractivity (Wildman–Crippen MR) is 78.4 cm³/mol. The minimum atomic E-state index is -1.07. The Bertz CT molecular complexity index is 668. The number of nitrogens with zero attached hydrogens (tertiary/aromatic N) is 1. The largest absolute Gasteiger partial charge is 0.394 e. The normalized spacial score (nSPS) is 30.1. The molecule has 108 valence electrons. The third-order valence-electron chi connectivity index (χ3n) is 3.60. The third-order valence-corrected chi connectivity index (χ3v) is 5.11. The summed E-state index contributed by atoms with van der Waals surface area (Å²) in [5.41, 5.74) is 0. The Balaban J connectivity index is 1.86. The average Bonchev–Trinajstić information content (AvgIpc) is 3.02. The number of ether oxygens (including phenoxy) is 1. The molecule has 3 heterocycles. The van der Waals surface area contributed by atoms with Gasteiger partial charge in [-0.05, 0) is 22.9 Å². The summed E-state index contributed by atoms with van der Waals surface area (Å²) >= 11 is 7.01. The second-order valence-corrected chi connectivity index (χ2v) is 6.16. The molecule has 0 saturated carbocycles. The van der Waals surface area contributed by atoms with Gasteiger partial charge in [0.15, 0.2) is 0 Å². The van der Waals surface area contributed by atoms with E-state index in [9.17, 15) is 10.2 Å². The highest BCUT2D eigenvalue weighted by atomic mass is 32.1. The molecule has 4 atom stereocenters. The van der Waals surface area contributed by atoms with Gasteiger partial charge in [0.25, 0.3) is 0 Å². The lowest BCUT2D eigenvalue weighted by Crippen LogP contribution is -2.35. The van der Waals surface area contributed by atoms with Crippen LogP contribution in [-0.2, 0) is 11.3 Å². The number of hydrogen-bond acceptors (Lipinski definition) is 6. The van der Waals surface area contributed by atoms with E-state index in [0.29, 0.717) is 11.2 Å². The summed E-state index contributed by atoms with van der Waals surface area (Å²) in [5.74, 6) is 0. The maximum Gasteiger partial charge on any atom is 0.123 e. The van der Waals surface area contributed by atoms with E-state index in [2.05, 4.69) is 0 Å². The van der Waals surface area contributed by atoms with Crippen molar-refractivity contribution in [3.8, 4) is 0 Å². The van der Waals surface area contributed by atoms with Gasteiger partial charge in [-0.1, -0.05) is 12.2 Å². The van der Waals surface area contributed by atoms with Gasteiger partial charge in [-0.2, -0.15) is 0 Å². The quantitative estimate of drug-likeness (QED) is 0.735. The van der Waals surface area contributed by atoms with Crippen LogP contribution >= 0.6 is 23.6 Å². The molecule has 2 aromatic rings. The molecule has 0 amide bonds. The van der Waals surface area contributed by atoms with E-state index in [-0.39, 0.29) is 6.61 Å². The Hall–Kier alpha value is -0.830. The molecule has 0 aliphatic carbocycles. The summed E-state index contributed by atoms with van der Waals surface area (Å²) in [5, 5.41) is 31.9. The first-order valence-electron chi connectivity index (χ1n) is 6.31. The smallest absolute Gasteiger partial charge is 0.123 e. The van der Waals surface area contributed by atoms with Gasteiger partial charge in [-0.15, -0.1) is 11.3 Å². The molecule has 0 bridgehead atoms. The maximum atomic E-state index is 9.95. The van der Waals surface area contributed by atoms with Crippen LogP contribution in [0.5, 0.6) is 0 Å². The van der Waals surface area contributed by atoms with Crippen molar-refractivity contribution in [2.24, 2.45) is 0 Å². The fourth-order valence-corrected chi connectivity index (χ4v) is 3.70. The van der Waals surface area contributed by atoms with Crippen molar-refractivity contribution in [3.05, 3.63) is 28.4 Å². The fraction of sp³-hybridized carbons (Fsp3) is 0.462. The highest BCUT2D eigenvalue weighted by Gasteiger charge is 2.42. The van der Waals surface area contributed by atoms with Crippen molar-refractivity contribution in [2.45, 2.75) is 31.0 Å². The molecule has 7 heteroatoms. The Morgan fingerprint density at radius 2 is 2.00 bits per heavy atom. The lowest BCUT2D eigenvalue weighted by Gasteiger charge is -2.17. The summed E-state index contributed by atoms with van der Waals surface area (Å²) in [6, 6.07) is 3.97. The molecule has 20 heavy (non-hydrogen) atoms. The van der Waals surface area contributed by atoms with Gasteiger partial charge in [0, 0.05) is 6.20 Å². The topological polar surface area (TPSA) is 74.9 Å². The van der Waals surface area contributed by atoms with E-state index in [1.165, 1.54) is 0 Å². The van der Waals surface area contributed by atoms with Crippen molar-refractivity contribution in [3.63, 3.8) is 0 Å². The highest BCUT2D eigenvalue weighted by Crippen LogP contribution is 2.25. The minimum absolute atomic E-state index is 0.315. The summed E-state index contributed by atoms with van der Waals surface area (Å²) < 4.78 is 9.01.